The van der Waals surface area contributed by atoms with Crippen molar-refractivity contribution in [1.82, 2.24) is 10.2 Å². The number of nitrogens with one attached hydrogen (secondary N) is 1. The number of hydrogen-bond acceptors (Lipinski definition) is 5. The SMILES string of the molecule is COCC(=O)NC1COC(CN(C)CCc2ccccc2)C1O. The molecule has 128 valence electrons. The lowest BCUT2D eigenvalue weighted by Crippen LogP contribution is -2.47. The van der Waals surface area contributed by atoms with Crippen molar-refractivity contribution in [3.63, 3.8) is 0 Å². The van der Waals surface area contributed by atoms with Crippen molar-refractivity contribution in [2.75, 3.05) is 40.5 Å². The Morgan fingerprint density at radius 3 is 2.87 bits per heavy atom. The second-order valence-corrected chi connectivity index (χ2v) is 5.97. The highest BCUT2D eigenvalue weighted by Gasteiger charge is 2.37. The van der Waals surface area contributed by atoms with E-state index in [0.29, 0.717) is 13.2 Å². The van der Waals surface area contributed by atoms with Crippen LogP contribution in [-0.4, -0.2) is 74.6 Å². The van der Waals surface area contributed by atoms with Crippen LogP contribution >= 0.6 is 0 Å². The minimum absolute atomic E-state index is 0.00906. The molecule has 1 fully saturated rings. The van der Waals surface area contributed by atoms with Gasteiger partial charge in [-0.3, -0.25) is 4.79 Å². The number of amides is 1. The van der Waals surface area contributed by atoms with Crippen molar-refractivity contribution < 1.29 is 19.4 Å². The largest absolute Gasteiger partial charge is 0.388 e. The van der Waals surface area contributed by atoms with Gasteiger partial charge in [-0.15, -0.1) is 0 Å². The number of carbonyl (C=O) groups excluding carboxylic acids is 1. The maximum absolute atomic E-state index is 11.5. The van der Waals surface area contributed by atoms with Crippen molar-refractivity contribution in [3.8, 4) is 0 Å². The first-order chi connectivity index (χ1) is 11.1. The number of hydrogen-bond donors (Lipinski definition) is 2. The zero-order valence-corrected chi connectivity index (χ0v) is 13.8. The molecule has 0 bridgehead atoms. The standard InChI is InChI=1S/C17H26N2O4/c1-19(9-8-13-6-4-3-5-7-13)10-15-17(21)14(11-23-15)18-16(20)12-22-2/h3-7,14-15,17,21H,8-12H2,1-2H3,(H,18,20). The van der Waals surface area contributed by atoms with Crippen LogP contribution in [0.4, 0.5) is 0 Å². The highest BCUT2D eigenvalue weighted by atomic mass is 16.5. The summed E-state index contributed by atoms with van der Waals surface area (Å²) in [5, 5.41) is 13.0. The van der Waals surface area contributed by atoms with Crippen molar-refractivity contribution >= 4 is 5.91 Å². The van der Waals surface area contributed by atoms with Gasteiger partial charge < -0.3 is 24.8 Å². The van der Waals surface area contributed by atoms with E-state index >= 15 is 0 Å². The van der Waals surface area contributed by atoms with Gasteiger partial charge in [0, 0.05) is 20.2 Å². The van der Waals surface area contributed by atoms with E-state index in [1.165, 1.54) is 12.7 Å². The van der Waals surface area contributed by atoms with Gasteiger partial charge in [0.25, 0.3) is 0 Å². The highest BCUT2D eigenvalue weighted by molar-refractivity contribution is 5.77. The molecule has 1 aromatic carbocycles. The second-order valence-electron chi connectivity index (χ2n) is 5.97. The molecular weight excluding hydrogens is 296 g/mol. The summed E-state index contributed by atoms with van der Waals surface area (Å²) in [7, 11) is 3.47. The molecule has 0 radical (unpaired) electrons. The molecule has 1 amide bonds. The normalized spacial score (nSPS) is 24.1. The maximum Gasteiger partial charge on any atom is 0.246 e. The minimum atomic E-state index is -0.699. The van der Waals surface area contributed by atoms with Crippen LogP contribution in [0.15, 0.2) is 30.3 Å². The van der Waals surface area contributed by atoms with Crippen molar-refractivity contribution in [1.29, 1.82) is 0 Å². The molecule has 1 aliphatic rings. The molecule has 0 aliphatic carbocycles. The summed E-state index contributed by atoms with van der Waals surface area (Å²) in [5.41, 5.74) is 1.29. The molecule has 3 atom stereocenters. The van der Waals surface area contributed by atoms with E-state index in [1.54, 1.807) is 0 Å². The first-order valence-corrected chi connectivity index (χ1v) is 7.90. The van der Waals surface area contributed by atoms with Crippen LogP contribution in [0.2, 0.25) is 0 Å². The number of aliphatic hydroxyl groups excluding tert-OH is 1. The molecule has 6 heteroatoms. The van der Waals surface area contributed by atoms with Crippen LogP contribution in [-0.2, 0) is 20.7 Å². The summed E-state index contributed by atoms with van der Waals surface area (Å²) in [6.45, 7) is 1.83. The molecule has 0 aromatic heterocycles. The van der Waals surface area contributed by atoms with Crippen LogP contribution in [0.25, 0.3) is 0 Å². The smallest absolute Gasteiger partial charge is 0.246 e. The number of ether oxygens (including phenoxy) is 2. The first-order valence-electron chi connectivity index (χ1n) is 7.90. The van der Waals surface area contributed by atoms with Crippen LogP contribution in [0, 0.1) is 0 Å². The van der Waals surface area contributed by atoms with Crippen LogP contribution in [0.3, 0.4) is 0 Å². The zero-order chi connectivity index (χ0) is 16.7. The molecule has 23 heavy (non-hydrogen) atoms. The Morgan fingerprint density at radius 2 is 2.17 bits per heavy atom. The molecule has 1 aliphatic heterocycles. The molecule has 3 unspecified atom stereocenters. The Bertz CT molecular complexity index is 483. The number of nitrogens with zero attached hydrogens (tertiary/aromatic N) is 1. The van der Waals surface area contributed by atoms with E-state index in [-0.39, 0.29) is 24.7 Å². The third-order valence-corrected chi connectivity index (χ3v) is 4.02. The van der Waals surface area contributed by atoms with E-state index in [4.69, 9.17) is 9.47 Å². The number of rotatable bonds is 8. The second kappa shape index (κ2) is 8.98. The highest BCUT2D eigenvalue weighted by Crippen LogP contribution is 2.15. The summed E-state index contributed by atoms with van der Waals surface area (Å²) < 4.78 is 10.4. The number of methoxy groups -OCH3 is 1. The summed E-state index contributed by atoms with van der Waals surface area (Å²) in [6.07, 6.45) is -0.0349. The van der Waals surface area contributed by atoms with Crippen molar-refractivity contribution in [3.05, 3.63) is 35.9 Å². The summed E-state index contributed by atoms with van der Waals surface area (Å²) >= 11 is 0. The Morgan fingerprint density at radius 1 is 1.43 bits per heavy atom. The molecule has 1 heterocycles. The van der Waals surface area contributed by atoms with Gasteiger partial charge in [0.15, 0.2) is 0 Å². The van der Waals surface area contributed by atoms with Gasteiger partial charge in [-0.05, 0) is 19.0 Å². The lowest BCUT2D eigenvalue weighted by molar-refractivity contribution is -0.126. The lowest BCUT2D eigenvalue weighted by atomic mass is 10.1. The topological polar surface area (TPSA) is 71.0 Å². The first kappa shape index (κ1) is 17.9. The predicted octanol–water partition coefficient (Wildman–Crippen LogP) is 0.0518. The quantitative estimate of drug-likeness (QED) is 0.708. The van der Waals surface area contributed by atoms with E-state index in [9.17, 15) is 9.90 Å². The third kappa shape index (κ3) is 5.58. The average Bonchev–Trinajstić information content (AvgIpc) is 2.87. The lowest BCUT2D eigenvalue weighted by Gasteiger charge is -2.23. The van der Waals surface area contributed by atoms with Gasteiger partial charge in [-0.2, -0.15) is 0 Å². The van der Waals surface area contributed by atoms with E-state index < -0.39 is 6.10 Å². The number of aliphatic hydroxyl groups is 1. The number of benzene rings is 1. The monoisotopic (exact) mass is 322 g/mol. The fourth-order valence-corrected chi connectivity index (χ4v) is 2.71. The molecule has 2 rings (SSSR count). The van der Waals surface area contributed by atoms with Crippen LogP contribution < -0.4 is 5.32 Å². The molecule has 6 nitrogen and oxygen atoms in total. The Hall–Kier alpha value is -1.47. The maximum atomic E-state index is 11.5. The van der Waals surface area contributed by atoms with E-state index in [2.05, 4.69) is 22.3 Å². The number of likely N-dealkylation sites (N-methyl/N-ethyl adjacent to an activating group) is 1. The van der Waals surface area contributed by atoms with Gasteiger partial charge in [0.1, 0.15) is 12.7 Å². The molecule has 1 aromatic rings. The predicted molar refractivity (Wildman–Crippen MR) is 87.2 cm³/mol. The Balaban J connectivity index is 1.73. The third-order valence-electron chi connectivity index (χ3n) is 4.02. The minimum Gasteiger partial charge on any atom is -0.388 e. The van der Waals surface area contributed by atoms with Crippen LogP contribution in [0.5, 0.6) is 0 Å². The fraction of sp³-hybridized carbons (Fsp3) is 0.588. The van der Waals surface area contributed by atoms with Crippen LogP contribution in [0.1, 0.15) is 5.56 Å². The zero-order valence-electron chi connectivity index (χ0n) is 13.8. The van der Waals surface area contributed by atoms with Gasteiger partial charge in [0.05, 0.1) is 18.8 Å². The van der Waals surface area contributed by atoms with Crippen molar-refractivity contribution in [2.45, 2.75) is 24.7 Å². The van der Waals surface area contributed by atoms with E-state index in [1.807, 2.05) is 25.2 Å². The van der Waals surface area contributed by atoms with Gasteiger partial charge in [0.2, 0.25) is 5.91 Å². The molecule has 2 N–H and O–H groups in total. The number of carbonyl (C=O) groups is 1. The Kier molecular flexibility index (Phi) is 6.98. The molecule has 0 spiro atoms. The molecule has 0 saturated carbocycles. The Labute approximate surface area is 137 Å². The molecule has 1 saturated heterocycles. The summed E-state index contributed by atoms with van der Waals surface area (Å²) in [6, 6.07) is 9.92. The molecular formula is C17H26N2O4. The van der Waals surface area contributed by atoms with Crippen molar-refractivity contribution in [2.24, 2.45) is 0 Å². The van der Waals surface area contributed by atoms with Gasteiger partial charge in [-0.25, -0.2) is 0 Å². The van der Waals surface area contributed by atoms with Gasteiger partial charge in [-0.1, -0.05) is 30.3 Å². The van der Waals surface area contributed by atoms with E-state index in [0.717, 1.165) is 13.0 Å². The van der Waals surface area contributed by atoms with Gasteiger partial charge >= 0.3 is 0 Å². The fourth-order valence-electron chi connectivity index (χ4n) is 2.71. The average molecular weight is 322 g/mol. The summed E-state index contributed by atoms with van der Waals surface area (Å²) in [5.74, 6) is -0.238. The summed E-state index contributed by atoms with van der Waals surface area (Å²) in [4.78, 5) is 13.7.